The van der Waals surface area contributed by atoms with Crippen LogP contribution in [0.15, 0.2) is 0 Å². The number of ether oxygens (including phenoxy) is 1. The number of methoxy groups -OCH3 is 1. The van der Waals surface area contributed by atoms with E-state index in [0.717, 1.165) is 0 Å². The average molecular weight is 226 g/mol. The van der Waals surface area contributed by atoms with Gasteiger partial charge < -0.3 is 9.53 Å². The summed E-state index contributed by atoms with van der Waals surface area (Å²) in [5.74, 6) is -0.662. The van der Waals surface area contributed by atoms with Crippen LogP contribution < -0.4 is 0 Å². The zero-order valence-electron chi connectivity index (χ0n) is 10.0. The second-order valence-electron chi connectivity index (χ2n) is 4.58. The van der Waals surface area contributed by atoms with Crippen molar-refractivity contribution in [2.75, 3.05) is 7.11 Å². The van der Waals surface area contributed by atoms with Crippen molar-refractivity contribution in [2.45, 2.75) is 39.5 Å². The molecule has 1 aliphatic carbocycles. The van der Waals surface area contributed by atoms with Gasteiger partial charge in [0, 0.05) is 12.3 Å². The first-order valence-electron chi connectivity index (χ1n) is 5.56. The molecule has 1 saturated carbocycles. The molecule has 0 aromatic carbocycles. The Balaban J connectivity index is 2.90. The van der Waals surface area contributed by atoms with Crippen molar-refractivity contribution in [1.82, 2.24) is 0 Å². The predicted molar refractivity (Wildman–Crippen MR) is 57.8 cm³/mol. The zero-order chi connectivity index (χ0) is 12.3. The lowest BCUT2D eigenvalue weighted by Crippen LogP contribution is -2.38. The van der Waals surface area contributed by atoms with Crippen LogP contribution >= 0.6 is 0 Å². The molecule has 16 heavy (non-hydrogen) atoms. The summed E-state index contributed by atoms with van der Waals surface area (Å²) in [6, 6.07) is 0. The van der Waals surface area contributed by atoms with Crippen LogP contribution in [-0.4, -0.2) is 24.6 Å². The van der Waals surface area contributed by atoms with E-state index in [4.69, 9.17) is 4.74 Å². The molecular formula is C12H18O4. The molecule has 0 N–H and O–H groups in total. The lowest BCUT2D eigenvalue weighted by atomic mass is 9.79. The van der Waals surface area contributed by atoms with Crippen molar-refractivity contribution >= 4 is 17.5 Å². The van der Waals surface area contributed by atoms with E-state index in [1.807, 2.05) is 6.92 Å². The van der Waals surface area contributed by atoms with Gasteiger partial charge in [-0.2, -0.15) is 0 Å². The topological polar surface area (TPSA) is 60.4 Å². The smallest absolute Gasteiger partial charge is 0.319 e. The molecule has 0 radical (unpaired) electrons. The third-order valence-corrected chi connectivity index (χ3v) is 3.40. The Labute approximate surface area is 95.3 Å². The highest BCUT2D eigenvalue weighted by molar-refractivity contribution is 6.06. The molecule has 1 rings (SSSR count). The molecule has 0 amide bonds. The minimum absolute atomic E-state index is 0.00405. The summed E-state index contributed by atoms with van der Waals surface area (Å²) in [7, 11) is 1.29. The lowest BCUT2D eigenvalue weighted by Gasteiger charge is -2.24. The lowest BCUT2D eigenvalue weighted by molar-refractivity contribution is -0.157. The quantitative estimate of drug-likeness (QED) is 0.538. The molecule has 0 aromatic rings. The van der Waals surface area contributed by atoms with Crippen molar-refractivity contribution in [3.05, 3.63) is 0 Å². The van der Waals surface area contributed by atoms with E-state index >= 15 is 0 Å². The van der Waals surface area contributed by atoms with Crippen molar-refractivity contribution in [3.8, 4) is 0 Å². The van der Waals surface area contributed by atoms with Gasteiger partial charge in [-0.3, -0.25) is 9.59 Å². The van der Waals surface area contributed by atoms with Crippen molar-refractivity contribution < 1.29 is 19.1 Å². The van der Waals surface area contributed by atoms with E-state index < -0.39 is 11.4 Å². The van der Waals surface area contributed by atoms with Crippen LogP contribution in [0.3, 0.4) is 0 Å². The molecule has 1 aliphatic rings. The van der Waals surface area contributed by atoms with Gasteiger partial charge in [0.1, 0.15) is 11.2 Å². The number of Topliss-reactive ketones (excluding diaryl/α,β-unsaturated/α-hetero) is 2. The fraction of sp³-hybridized carbons (Fsp3) is 0.750. The van der Waals surface area contributed by atoms with Gasteiger partial charge in [-0.25, -0.2) is 0 Å². The van der Waals surface area contributed by atoms with E-state index in [-0.39, 0.29) is 30.3 Å². The highest BCUT2D eigenvalue weighted by Crippen LogP contribution is 2.42. The van der Waals surface area contributed by atoms with Gasteiger partial charge in [-0.15, -0.1) is 0 Å². The minimum atomic E-state index is -1.06. The molecule has 0 unspecified atom stereocenters. The first-order valence-corrected chi connectivity index (χ1v) is 5.56. The Morgan fingerprint density at radius 1 is 1.50 bits per heavy atom. The second-order valence-corrected chi connectivity index (χ2v) is 4.58. The second kappa shape index (κ2) is 4.76. The molecule has 1 fully saturated rings. The Bertz CT molecular complexity index is 321. The van der Waals surface area contributed by atoms with Gasteiger partial charge in [-0.05, 0) is 26.2 Å². The first kappa shape index (κ1) is 12.9. The maximum Gasteiger partial charge on any atom is 0.319 e. The fourth-order valence-corrected chi connectivity index (χ4v) is 2.33. The van der Waals surface area contributed by atoms with Crippen LogP contribution in [0.1, 0.15) is 39.5 Å². The maximum atomic E-state index is 12.0. The van der Waals surface area contributed by atoms with Crippen LogP contribution in [0.5, 0.6) is 0 Å². The van der Waals surface area contributed by atoms with E-state index in [1.54, 1.807) is 0 Å². The van der Waals surface area contributed by atoms with Gasteiger partial charge in [0.25, 0.3) is 0 Å². The van der Waals surface area contributed by atoms with Crippen LogP contribution in [-0.2, 0) is 19.1 Å². The van der Waals surface area contributed by atoms with Crippen molar-refractivity contribution in [3.63, 3.8) is 0 Å². The van der Waals surface area contributed by atoms with Crippen molar-refractivity contribution in [1.29, 1.82) is 0 Å². The number of ketones is 2. The summed E-state index contributed by atoms with van der Waals surface area (Å²) < 4.78 is 4.72. The van der Waals surface area contributed by atoms with E-state index in [0.29, 0.717) is 12.8 Å². The van der Waals surface area contributed by atoms with Crippen LogP contribution in [0.25, 0.3) is 0 Å². The number of hydrogen-bond acceptors (Lipinski definition) is 4. The third-order valence-electron chi connectivity index (χ3n) is 3.40. The van der Waals surface area contributed by atoms with Gasteiger partial charge in [-0.1, -0.05) is 6.92 Å². The summed E-state index contributed by atoms with van der Waals surface area (Å²) in [4.78, 5) is 34.8. The molecule has 2 atom stereocenters. The standard InChI is InChI=1S/C12H18O4/c1-8-4-6-12(10(8)14,11(15)16-3)7-5-9(2)13/h8H,4-7H2,1-3H3/t8-,12+/m1/s1. The summed E-state index contributed by atoms with van der Waals surface area (Å²) in [6.45, 7) is 3.29. The van der Waals surface area contributed by atoms with Gasteiger partial charge in [0.2, 0.25) is 0 Å². The Kier molecular flexibility index (Phi) is 3.83. The largest absolute Gasteiger partial charge is 0.468 e. The molecule has 0 bridgehead atoms. The maximum absolute atomic E-state index is 12.0. The molecule has 0 aliphatic heterocycles. The number of carbonyl (C=O) groups excluding carboxylic acids is 3. The number of carbonyl (C=O) groups is 3. The molecule has 0 heterocycles. The Hall–Kier alpha value is -1.19. The summed E-state index contributed by atoms with van der Waals surface area (Å²) in [6.07, 6.45) is 1.75. The van der Waals surface area contributed by atoms with Crippen LogP contribution in [0.4, 0.5) is 0 Å². The van der Waals surface area contributed by atoms with Gasteiger partial charge in [0.15, 0.2) is 5.78 Å². The molecular weight excluding hydrogens is 208 g/mol. The molecule has 90 valence electrons. The van der Waals surface area contributed by atoms with E-state index in [2.05, 4.69) is 0 Å². The first-order chi connectivity index (χ1) is 7.44. The Morgan fingerprint density at radius 3 is 2.50 bits per heavy atom. The molecule has 0 spiro atoms. The Morgan fingerprint density at radius 2 is 2.12 bits per heavy atom. The molecule has 0 aromatic heterocycles. The summed E-state index contributed by atoms with van der Waals surface area (Å²) >= 11 is 0. The number of hydrogen-bond donors (Lipinski definition) is 0. The van der Waals surface area contributed by atoms with Crippen molar-refractivity contribution in [2.24, 2.45) is 11.3 Å². The van der Waals surface area contributed by atoms with E-state index in [9.17, 15) is 14.4 Å². The minimum Gasteiger partial charge on any atom is -0.468 e. The summed E-state index contributed by atoms with van der Waals surface area (Å²) in [5, 5.41) is 0. The fourth-order valence-electron chi connectivity index (χ4n) is 2.33. The normalized spacial score (nSPS) is 29.2. The molecule has 4 nitrogen and oxygen atoms in total. The zero-order valence-corrected chi connectivity index (χ0v) is 10.0. The highest BCUT2D eigenvalue weighted by atomic mass is 16.5. The third kappa shape index (κ3) is 2.15. The highest BCUT2D eigenvalue weighted by Gasteiger charge is 2.52. The number of rotatable bonds is 4. The predicted octanol–water partition coefficient (Wildman–Crippen LogP) is 1.51. The van der Waals surface area contributed by atoms with Crippen LogP contribution in [0, 0.1) is 11.3 Å². The average Bonchev–Trinajstić information content (AvgIpc) is 2.54. The van der Waals surface area contributed by atoms with Gasteiger partial charge in [0.05, 0.1) is 7.11 Å². The molecule has 0 saturated heterocycles. The number of esters is 1. The summed E-state index contributed by atoms with van der Waals surface area (Å²) in [5.41, 5.74) is -1.06. The SMILES string of the molecule is COC(=O)[C@]1(CCC(C)=O)CC[C@@H](C)C1=O. The van der Waals surface area contributed by atoms with E-state index in [1.165, 1.54) is 14.0 Å². The monoisotopic (exact) mass is 226 g/mol. The van der Waals surface area contributed by atoms with Gasteiger partial charge >= 0.3 is 5.97 Å². The molecule has 4 heteroatoms. The van der Waals surface area contributed by atoms with Crippen LogP contribution in [0.2, 0.25) is 0 Å².